The third kappa shape index (κ3) is 5.99. The summed E-state index contributed by atoms with van der Waals surface area (Å²) in [4.78, 5) is 38.5. The zero-order valence-corrected chi connectivity index (χ0v) is 23.8. The number of pyridine rings is 1. The Balaban J connectivity index is 1.36. The van der Waals surface area contributed by atoms with E-state index in [2.05, 4.69) is 30.6 Å². The van der Waals surface area contributed by atoms with Crippen LogP contribution in [0.2, 0.25) is 0 Å². The van der Waals surface area contributed by atoms with Gasteiger partial charge in [0.05, 0.1) is 31.1 Å². The molecule has 2 amide bonds. The molecule has 9 nitrogen and oxygen atoms in total. The number of rotatable bonds is 6. The predicted molar refractivity (Wildman–Crippen MR) is 150 cm³/mol. The molecule has 0 spiro atoms. The second-order valence-corrected chi connectivity index (χ2v) is 12.2. The van der Waals surface area contributed by atoms with E-state index in [9.17, 15) is 19.1 Å². The molecule has 10 heteroatoms. The summed E-state index contributed by atoms with van der Waals surface area (Å²) < 4.78 is 19.0. The highest BCUT2D eigenvalue weighted by Crippen LogP contribution is 2.40. The molecule has 1 aromatic carbocycles. The lowest BCUT2D eigenvalue weighted by molar-refractivity contribution is -0.121. The molecule has 40 heavy (non-hydrogen) atoms. The summed E-state index contributed by atoms with van der Waals surface area (Å²) in [7, 11) is 0. The number of hydrogen-bond donors (Lipinski definition) is 1. The molecule has 4 heterocycles. The van der Waals surface area contributed by atoms with Crippen LogP contribution in [0.5, 0.6) is 0 Å². The Morgan fingerprint density at radius 3 is 2.55 bits per heavy atom. The summed E-state index contributed by atoms with van der Waals surface area (Å²) in [6, 6.07) is 8.40. The van der Waals surface area contributed by atoms with Crippen LogP contribution in [-0.2, 0) is 21.4 Å². The molecule has 1 unspecified atom stereocenters. The lowest BCUT2D eigenvalue weighted by Crippen LogP contribution is -2.64. The van der Waals surface area contributed by atoms with E-state index >= 15 is 0 Å². The van der Waals surface area contributed by atoms with Gasteiger partial charge in [-0.25, -0.2) is 9.18 Å². The first-order valence-electron chi connectivity index (χ1n) is 14.1. The molecular weight excluding hydrogens is 513 g/mol. The molecule has 216 valence electrons. The number of benzene rings is 1. The van der Waals surface area contributed by atoms with Crippen molar-refractivity contribution in [3.63, 3.8) is 0 Å². The van der Waals surface area contributed by atoms with Gasteiger partial charge in [-0.1, -0.05) is 26.0 Å². The third-order valence-electron chi connectivity index (χ3n) is 8.52. The molecule has 3 atom stereocenters. The van der Waals surface area contributed by atoms with Crippen LogP contribution in [0.3, 0.4) is 0 Å². The van der Waals surface area contributed by atoms with Gasteiger partial charge in [0.1, 0.15) is 5.82 Å². The number of morpholine rings is 1. The van der Waals surface area contributed by atoms with Crippen LogP contribution in [-0.4, -0.2) is 107 Å². The number of nitrogens with zero attached hydrogens (tertiary/aromatic N) is 5. The molecule has 0 saturated carbocycles. The number of carbonyl (C=O) groups is 2. The molecule has 0 aliphatic carbocycles. The van der Waals surface area contributed by atoms with Crippen LogP contribution in [0.4, 0.5) is 14.9 Å². The Morgan fingerprint density at radius 2 is 1.85 bits per heavy atom. The Kier molecular flexibility index (Phi) is 8.13. The van der Waals surface area contributed by atoms with Gasteiger partial charge in [-0.15, -0.1) is 0 Å². The van der Waals surface area contributed by atoms with E-state index in [-0.39, 0.29) is 41.8 Å². The van der Waals surface area contributed by atoms with E-state index in [0.29, 0.717) is 45.8 Å². The fourth-order valence-electron chi connectivity index (χ4n) is 6.24. The normalized spacial score (nSPS) is 25.2. The first-order valence-corrected chi connectivity index (χ1v) is 14.1. The van der Waals surface area contributed by atoms with E-state index in [1.807, 2.05) is 24.1 Å². The summed E-state index contributed by atoms with van der Waals surface area (Å²) >= 11 is 0. The highest BCUT2D eigenvalue weighted by molar-refractivity contribution is 5.97. The van der Waals surface area contributed by atoms with Gasteiger partial charge >= 0.3 is 6.09 Å². The van der Waals surface area contributed by atoms with Gasteiger partial charge in [0.25, 0.3) is 0 Å². The first-order chi connectivity index (χ1) is 19.0. The minimum atomic E-state index is -0.923. The Bertz CT molecular complexity index is 1240. The molecule has 1 N–H and O–H groups in total. The molecule has 2 saturated heterocycles. The fourth-order valence-corrected chi connectivity index (χ4v) is 6.24. The first kappa shape index (κ1) is 28.4. The Hall–Kier alpha value is -3.08. The second kappa shape index (κ2) is 11.4. The van der Waals surface area contributed by atoms with Gasteiger partial charge < -0.3 is 19.6 Å². The van der Waals surface area contributed by atoms with E-state index in [4.69, 9.17) is 9.72 Å². The molecule has 0 radical (unpaired) electrons. The van der Waals surface area contributed by atoms with Crippen LogP contribution in [0.25, 0.3) is 0 Å². The monoisotopic (exact) mass is 553 g/mol. The molecule has 2 fully saturated rings. The number of anilines is 1. The largest absolute Gasteiger partial charge is 0.465 e. The quantitative estimate of drug-likeness (QED) is 0.588. The maximum Gasteiger partial charge on any atom is 0.407 e. The highest BCUT2D eigenvalue weighted by atomic mass is 19.1. The van der Waals surface area contributed by atoms with Crippen molar-refractivity contribution in [2.45, 2.75) is 57.7 Å². The van der Waals surface area contributed by atoms with Crippen molar-refractivity contribution in [3.05, 3.63) is 59.2 Å². The number of carboxylic acid groups (broad SMARTS) is 1. The van der Waals surface area contributed by atoms with E-state index in [1.165, 1.54) is 17.0 Å². The van der Waals surface area contributed by atoms with Gasteiger partial charge in [-0.3, -0.25) is 19.6 Å². The second-order valence-electron chi connectivity index (χ2n) is 12.2. The van der Waals surface area contributed by atoms with Gasteiger partial charge in [0, 0.05) is 62.5 Å². The highest BCUT2D eigenvalue weighted by Gasteiger charge is 2.42. The average Bonchev–Trinajstić information content (AvgIpc) is 3.18. The van der Waals surface area contributed by atoms with Crippen LogP contribution in [0.15, 0.2) is 36.5 Å². The van der Waals surface area contributed by atoms with Crippen LogP contribution >= 0.6 is 0 Å². The smallest absolute Gasteiger partial charge is 0.407 e. The number of halogens is 1. The number of aromatic nitrogens is 1. The molecule has 3 aliphatic rings. The molecule has 0 bridgehead atoms. The zero-order chi connectivity index (χ0) is 28.6. The van der Waals surface area contributed by atoms with E-state index < -0.39 is 6.09 Å². The van der Waals surface area contributed by atoms with Crippen molar-refractivity contribution in [1.29, 1.82) is 0 Å². The molecule has 5 rings (SSSR count). The topological polar surface area (TPSA) is 89.5 Å². The minimum absolute atomic E-state index is 0.0106. The predicted octanol–water partition coefficient (Wildman–Crippen LogP) is 3.21. The summed E-state index contributed by atoms with van der Waals surface area (Å²) in [5.74, 6) is -0.280. The van der Waals surface area contributed by atoms with Crippen molar-refractivity contribution in [2.75, 3.05) is 57.4 Å². The lowest BCUT2D eigenvalue weighted by Gasteiger charge is -2.47. The number of fused-ring (bicyclic) bond motifs is 1. The number of hydrogen-bond acceptors (Lipinski definition) is 6. The van der Waals surface area contributed by atoms with Gasteiger partial charge in [0.2, 0.25) is 5.91 Å². The standard InChI is InChI=1S/C30H40FN5O4/c1-20-14-34(25(16-35(20)29(38)39)15-33-9-10-40-18-21(33)2)17-27(37)36-19-30(3,4)28-26(36)12-23(13-32-28)11-22-5-7-24(31)8-6-22/h5-8,12-13,20-21,25H,9-11,14-19H2,1-4H3,(H,38,39)/t20-,21?,25+/m1/s1. The Labute approximate surface area is 235 Å². The van der Waals surface area contributed by atoms with E-state index in [0.717, 1.165) is 29.1 Å². The maximum absolute atomic E-state index is 13.9. The van der Waals surface area contributed by atoms with Crippen molar-refractivity contribution in [3.8, 4) is 0 Å². The SMILES string of the molecule is CC1COCCN1C[C@H]1CN(C(=O)O)[C@H](C)CN1CC(=O)N1CC(C)(C)c2ncc(Cc3ccc(F)cc3)cc21. The van der Waals surface area contributed by atoms with Gasteiger partial charge in [-0.05, 0) is 49.6 Å². The minimum Gasteiger partial charge on any atom is -0.465 e. The molecule has 1 aromatic heterocycles. The van der Waals surface area contributed by atoms with Gasteiger partial charge in [0.15, 0.2) is 0 Å². The zero-order valence-electron chi connectivity index (χ0n) is 23.8. The maximum atomic E-state index is 13.9. The number of amides is 2. The van der Waals surface area contributed by atoms with Crippen LogP contribution in [0, 0.1) is 5.82 Å². The summed E-state index contributed by atoms with van der Waals surface area (Å²) in [6.45, 7) is 12.6. The van der Waals surface area contributed by atoms with Crippen molar-refractivity contribution in [2.24, 2.45) is 0 Å². The number of carbonyl (C=O) groups excluding carboxylic acids is 1. The molecular formula is C30H40FN5O4. The lowest BCUT2D eigenvalue weighted by atomic mass is 9.91. The van der Waals surface area contributed by atoms with Crippen molar-refractivity contribution >= 4 is 17.7 Å². The summed E-state index contributed by atoms with van der Waals surface area (Å²) in [5.41, 5.74) is 3.36. The third-order valence-corrected chi connectivity index (χ3v) is 8.52. The van der Waals surface area contributed by atoms with Gasteiger partial charge in [-0.2, -0.15) is 0 Å². The van der Waals surface area contributed by atoms with Crippen LogP contribution in [0.1, 0.15) is 44.5 Å². The average molecular weight is 554 g/mol. The number of piperazine rings is 1. The summed E-state index contributed by atoms with van der Waals surface area (Å²) in [6.07, 6.45) is 1.52. The van der Waals surface area contributed by atoms with Crippen molar-refractivity contribution in [1.82, 2.24) is 19.7 Å². The van der Waals surface area contributed by atoms with Crippen molar-refractivity contribution < 1.29 is 23.8 Å². The molecule has 3 aliphatic heterocycles. The fraction of sp³-hybridized carbons (Fsp3) is 0.567. The van der Waals surface area contributed by atoms with E-state index in [1.54, 1.807) is 12.1 Å². The number of ether oxygens (including phenoxy) is 1. The summed E-state index contributed by atoms with van der Waals surface area (Å²) in [5, 5.41) is 9.81. The molecule has 2 aromatic rings. The van der Waals surface area contributed by atoms with Crippen LogP contribution < -0.4 is 4.90 Å². The Morgan fingerprint density at radius 1 is 1.10 bits per heavy atom.